The van der Waals surface area contributed by atoms with Crippen molar-refractivity contribution in [2.75, 3.05) is 13.1 Å². The highest BCUT2D eigenvalue weighted by Gasteiger charge is 2.54. The highest BCUT2D eigenvalue weighted by atomic mass is 32.2. The molecule has 1 aliphatic carbocycles. The van der Waals surface area contributed by atoms with Crippen LogP contribution in [-0.4, -0.2) is 35.8 Å². The molecule has 0 bridgehead atoms. The molecule has 5 rings (SSSR count). The molecule has 8 heteroatoms. The van der Waals surface area contributed by atoms with Crippen molar-refractivity contribution >= 4 is 10.0 Å². The Morgan fingerprint density at radius 3 is 2.85 bits per heavy atom. The van der Waals surface area contributed by atoms with Gasteiger partial charge in [0.05, 0.1) is 18.1 Å². The van der Waals surface area contributed by atoms with E-state index in [1.807, 2.05) is 0 Å². The first-order valence-corrected chi connectivity index (χ1v) is 10.3. The van der Waals surface area contributed by atoms with Gasteiger partial charge in [-0.15, -0.1) is 0 Å². The summed E-state index contributed by atoms with van der Waals surface area (Å²) in [4.78, 5) is 9.07. The Morgan fingerprint density at radius 2 is 2.12 bits per heavy atom. The SMILES string of the molecule is O=S(=O)(Cc1cccc(F)c1)N1CC2(C1)OCc1nc(C3CC3)ncc12. The quantitative estimate of drug-likeness (QED) is 0.818. The monoisotopic (exact) mass is 375 g/mol. The van der Waals surface area contributed by atoms with Crippen LogP contribution in [0.15, 0.2) is 30.5 Å². The van der Waals surface area contributed by atoms with E-state index in [1.54, 1.807) is 12.3 Å². The number of ether oxygens (including phenoxy) is 1. The molecular formula is C18H18FN3O3S. The normalized spacial score (nSPS) is 21.6. The lowest BCUT2D eigenvalue weighted by atomic mass is 9.90. The van der Waals surface area contributed by atoms with Crippen LogP contribution in [0.3, 0.4) is 0 Å². The molecule has 3 aliphatic rings. The van der Waals surface area contributed by atoms with Gasteiger partial charge in [0.25, 0.3) is 0 Å². The van der Waals surface area contributed by atoms with Crippen LogP contribution in [0.5, 0.6) is 0 Å². The molecule has 0 atom stereocenters. The molecule has 1 aromatic heterocycles. The molecule has 26 heavy (non-hydrogen) atoms. The smallest absolute Gasteiger partial charge is 0.218 e. The summed E-state index contributed by atoms with van der Waals surface area (Å²) in [5.41, 5.74) is 1.59. The van der Waals surface area contributed by atoms with Crippen molar-refractivity contribution in [2.45, 2.75) is 36.7 Å². The number of sulfonamides is 1. The van der Waals surface area contributed by atoms with E-state index in [0.717, 1.165) is 29.9 Å². The average Bonchev–Trinajstić information content (AvgIpc) is 3.33. The topological polar surface area (TPSA) is 72.4 Å². The standard InChI is InChI=1S/C18H18FN3O3S/c19-14-3-1-2-12(6-14)9-26(23,24)22-10-18(11-22)15-7-20-17(13-4-5-13)21-16(15)8-25-18/h1-3,6-7,13H,4-5,8-11H2. The van der Waals surface area contributed by atoms with Gasteiger partial charge in [-0.2, -0.15) is 4.31 Å². The first kappa shape index (κ1) is 16.3. The minimum atomic E-state index is -3.53. The summed E-state index contributed by atoms with van der Waals surface area (Å²) in [5.74, 6) is 0.695. The molecule has 1 saturated heterocycles. The Hall–Kier alpha value is -1.90. The van der Waals surface area contributed by atoms with Crippen molar-refractivity contribution in [3.63, 3.8) is 0 Å². The molecule has 1 saturated carbocycles. The Labute approximate surface area is 151 Å². The third-order valence-corrected chi connectivity index (χ3v) is 7.04. The molecule has 3 heterocycles. The third kappa shape index (κ3) is 2.64. The van der Waals surface area contributed by atoms with Crippen LogP contribution in [0.25, 0.3) is 0 Å². The lowest BCUT2D eigenvalue weighted by molar-refractivity contribution is -0.112. The maximum Gasteiger partial charge on any atom is 0.218 e. The largest absolute Gasteiger partial charge is 0.361 e. The molecule has 0 unspecified atom stereocenters. The minimum Gasteiger partial charge on any atom is -0.361 e. The second-order valence-corrected chi connectivity index (χ2v) is 9.27. The fourth-order valence-corrected chi connectivity index (χ4v) is 5.25. The van der Waals surface area contributed by atoms with E-state index in [9.17, 15) is 12.8 Å². The highest BCUT2D eigenvalue weighted by Crippen LogP contribution is 2.45. The van der Waals surface area contributed by atoms with Gasteiger partial charge in [0.15, 0.2) is 0 Å². The maximum absolute atomic E-state index is 13.3. The number of benzene rings is 1. The van der Waals surface area contributed by atoms with Crippen LogP contribution in [0, 0.1) is 5.82 Å². The molecule has 1 aromatic carbocycles. The Morgan fingerprint density at radius 1 is 1.31 bits per heavy atom. The van der Waals surface area contributed by atoms with Crippen LogP contribution in [-0.2, 0) is 32.7 Å². The molecular weight excluding hydrogens is 357 g/mol. The zero-order valence-corrected chi connectivity index (χ0v) is 14.9. The Balaban J connectivity index is 1.33. The molecule has 0 amide bonds. The van der Waals surface area contributed by atoms with Gasteiger partial charge in [-0.1, -0.05) is 12.1 Å². The summed E-state index contributed by atoms with van der Waals surface area (Å²) in [6, 6.07) is 5.68. The van der Waals surface area contributed by atoms with E-state index in [0.29, 0.717) is 18.1 Å². The fourth-order valence-electron chi connectivity index (χ4n) is 3.66. The van der Waals surface area contributed by atoms with Crippen molar-refractivity contribution in [1.82, 2.24) is 14.3 Å². The number of nitrogens with zero attached hydrogens (tertiary/aromatic N) is 3. The lowest BCUT2D eigenvalue weighted by Gasteiger charge is -2.46. The van der Waals surface area contributed by atoms with Crippen LogP contribution in [0.1, 0.15) is 41.4 Å². The number of aromatic nitrogens is 2. The minimum absolute atomic E-state index is 0.217. The molecule has 0 radical (unpaired) electrons. The lowest BCUT2D eigenvalue weighted by Crippen LogP contribution is -2.61. The van der Waals surface area contributed by atoms with Gasteiger partial charge < -0.3 is 4.74 Å². The van der Waals surface area contributed by atoms with Crippen molar-refractivity contribution in [2.24, 2.45) is 0 Å². The summed E-state index contributed by atoms with van der Waals surface area (Å²) in [5, 5.41) is 0. The predicted octanol–water partition coefficient (Wildman–Crippen LogP) is 2.06. The van der Waals surface area contributed by atoms with Gasteiger partial charge in [0, 0.05) is 30.8 Å². The number of hydrogen-bond donors (Lipinski definition) is 0. The van der Waals surface area contributed by atoms with Crippen LogP contribution in [0.2, 0.25) is 0 Å². The fraction of sp³-hybridized carbons (Fsp3) is 0.444. The first-order chi connectivity index (χ1) is 12.5. The number of rotatable bonds is 4. The van der Waals surface area contributed by atoms with Gasteiger partial charge in [0.2, 0.25) is 10.0 Å². The maximum atomic E-state index is 13.3. The summed E-state index contributed by atoms with van der Waals surface area (Å²) >= 11 is 0. The van der Waals surface area contributed by atoms with Gasteiger partial charge in [0.1, 0.15) is 17.2 Å². The van der Waals surface area contributed by atoms with Crippen LogP contribution in [0.4, 0.5) is 4.39 Å². The van der Waals surface area contributed by atoms with E-state index in [4.69, 9.17) is 4.74 Å². The van der Waals surface area contributed by atoms with E-state index in [1.165, 1.54) is 22.5 Å². The second-order valence-electron chi connectivity index (χ2n) is 7.30. The zero-order chi connectivity index (χ0) is 17.9. The summed E-state index contributed by atoms with van der Waals surface area (Å²) in [6.07, 6.45) is 4.08. The number of halogens is 1. The number of fused-ring (bicyclic) bond motifs is 2. The predicted molar refractivity (Wildman–Crippen MR) is 91.1 cm³/mol. The van der Waals surface area contributed by atoms with Crippen molar-refractivity contribution in [3.8, 4) is 0 Å². The molecule has 136 valence electrons. The van der Waals surface area contributed by atoms with E-state index < -0.39 is 21.4 Å². The number of hydrogen-bond acceptors (Lipinski definition) is 5. The van der Waals surface area contributed by atoms with E-state index in [2.05, 4.69) is 9.97 Å². The Kier molecular flexibility index (Phi) is 3.47. The van der Waals surface area contributed by atoms with Gasteiger partial charge >= 0.3 is 0 Å². The summed E-state index contributed by atoms with van der Waals surface area (Å²) in [6.45, 7) is 0.906. The van der Waals surface area contributed by atoms with Crippen molar-refractivity contribution < 1.29 is 17.5 Å². The molecule has 1 spiro atoms. The highest BCUT2D eigenvalue weighted by molar-refractivity contribution is 7.88. The van der Waals surface area contributed by atoms with Crippen molar-refractivity contribution in [1.29, 1.82) is 0 Å². The molecule has 0 N–H and O–H groups in total. The molecule has 2 aromatic rings. The average molecular weight is 375 g/mol. The van der Waals surface area contributed by atoms with Gasteiger partial charge in [-0.3, -0.25) is 0 Å². The van der Waals surface area contributed by atoms with Gasteiger partial charge in [-0.25, -0.2) is 22.8 Å². The summed E-state index contributed by atoms with van der Waals surface area (Å²) in [7, 11) is -3.53. The van der Waals surface area contributed by atoms with E-state index in [-0.39, 0.29) is 18.8 Å². The first-order valence-electron chi connectivity index (χ1n) is 8.68. The summed E-state index contributed by atoms with van der Waals surface area (Å²) < 4.78 is 45.8. The Bertz CT molecular complexity index is 985. The molecule has 6 nitrogen and oxygen atoms in total. The molecule has 2 aliphatic heterocycles. The van der Waals surface area contributed by atoms with Crippen molar-refractivity contribution in [3.05, 3.63) is 58.9 Å². The van der Waals surface area contributed by atoms with E-state index >= 15 is 0 Å². The zero-order valence-electron chi connectivity index (χ0n) is 14.1. The molecule has 2 fully saturated rings. The third-order valence-electron chi connectivity index (χ3n) is 5.30. The van der Waals surface area contributed by atoms with Crippen LogP contribution < -0.4 is 0 Å². The van der Waals surface area contributed by atoms with Gasteiger partial charge in [-0.05, 0) is 30.5 Å². The second kappa shape index (κ2) is 5.55. The van der Waals surface area contributed by atoms with Crippen LogP contribution >= 0.6 is 0 Å².